The van der Waals surface area contributed by atoms with Gasteiger partial charge in [-0.25, -0.2) is 4.98 Å². The molecule has 0 aliphatic carbocycles. The predicted octanol–water partition coefficient (Wildman–Crippen LogP) is 3.15. The summed E-state index contributed by atoms with van der Waals surface area (Å²) in [6.07, 6.45) is 1.74. The molecule has 26 heavy (non-hydrogen) atoms. The molecule has 2 aromatic heterocycles. The third-order valence-electron chi connectivity index (χ3n) is 3.78. The van der Waals surface area contributed by atoms with E-state index in [1.165, 1.54) is 6.26 Å². The lowest BCUT2D eigenvalue weighted by atomic mass is 10.1. The highest BCUT2D eigenvalue weighted by molar-refractivity contribution is 7.13. The van der Waals surface area contributed by atoms with Gasteiger partial charge in [-0.05, 0) is 30.0 Å². The molecule has 2 N–H and O–H groups in total. The molecule has 7 heteroatoms. The zero-order chi connectivity index (χ0) is 18.4. The van der Waals surface area contributed by atoms with E-state index in [1.54, 1.807) is 17.4 Å². The third-order valence-corrected chi connectivity index (χ3v) is 4.64. The van der Waals surface area contributed by atoms with Crippen LogP contribution in [0.3, 0.4) is 0 Å². The lowest BCUT2D eigenvalue weighted by Crippen LogP contribution is -2.30. The van der Waals surface area contributed by atoms with Gasteiger partial charge in [-0.3, -0.25) is 9.59 Å². The fourth-order valence-electron chi connectivity index (χ4n) is 2.39. The second-order valence-electron chi connectivity index (χ2n) is 5.72. The summed E-state index contributed by atoms with van der Waals surface area (Å²) in [5, 5.41) is 7.48. The Bertz CT molecular complexity index is 887. The van der Waals surface area contributed by atoms with E-state index in [9.17, 15) is 9.59 Å². The summed E-state index contributed by atoms with van der Waals surface area (Å²) in [5.74, 6) is 0.221. The van der Waals surface area contributed by atoms with E-state index in [2.05, 4.69) is 15.6 Å². The molecule has 0 saturated heterocycles. The van der Waals surface area contributed by atoms with Gasteiger partial charge in [0.15, 0.2) is 0 Å². The number of oxazole rings is 1. The average molecular weight is 369 g/mol. The Morgan fingerprint density at radius 2 is 2.00 bits per heavy atom. The predicted molar refractivity (Wildman–Crippen MR) is 99.8 cm³/mol. The van der Waals surface area contributed by atoms with E-state index in [0.717, 1.165) is 10.4 Å². The summed E-state index contributed by atoms with van der Waals surface area (Å²) >= 11 is 1.54. The van der Waals surface area contributed by atoms with Gasteiger partial charge in [0.2, 0.25) is 11.8 Å². The molecule has 0 atom stereocenters. The molecule has 1 aromatic carbocycles. The molecule has 0 spiro atoms. The van der Waals surface area contributed by atoms with Crippen LogP contribution < -0.4 is 10.6 Å². The number of benzene rings is 1. The fourth-order valence-corrected chi connectivity index (χ4v) is 3.05. The van der Waals surface area contributed by atoms with Gasteiger partial charge in [0, 0.05) is 18.5 Å². The van der Waals surface area contributed by atoms with Crippen LogP contribution in [0.4, 0.5) is 0 Å². The Morgan fingerprint density at radius 1 is 1.15 bits per heavy atom. The van der Waals surface area contributed by atoms with Crippen LogP contribution >= 0.6 is 11.3 Å². The summed E-state index contributed by atoms with van der Waals surface area (Å²) in [5.41, 5.74) is 2.18. The van der Waals surface area contributed by atoms with Crippen LogP contribution in [0.15, 0.2) is 52.5 Å². The van der Waals surface area contributed by atoms with Crippen molar-refractivity contribution in [2.75, 3.05) is 6.54 Å². The molecule has 0 aliphatic rings. The number of carbonyl (C=O) groups excluding carboxylic acids is 2. The number of rotatable bonds is 7. The molecule has 2 amide bonds. The lowest BCUT2D eigenvalue weighted by molar-refractivity contribution is -0.121. The standard InChI is InChI=1S/C19H19N3O3S/c1-13-5-2-3-6-15(13)18(24)20-9-8-17(23)21-11-14-12-25-19(22-14)16-7-4-10-26-16/h2-7,10,12H,8-9,11H2,1H3,(H,20,24)(H,21,23). The van der Waals surface area contributed by atoms with Crippen LogP contribution in [0.2, 0.25) is 0 Å². The molecule has 0 unspecified atom stereocenters. The summed E-state index contributed by atoms with van der Waals surface area (Å²) < 4.78 is 5.41. The molecular weight excluding hydrogens is 350 g/mol. The van der Waals surface area contributed by atoms with E-state index < -0.39 is 0 Å². The first-order chi connectivity index (χ1) is 12.6. The zero-order valence-corrected chi connectivity index (χ0v) is 15.1. The number of hydrogen-bond donors (Lipinski definition) is 2. The minimum atomic E-state index is -0.173. The van der Waals surface area contributed by atoms with Gasteiger partial charge >= 0.3 is 0 Å². The summed E-state index contributed by atoms with van der Waals surface area (Å²) in [7, 11) is 0. The number of thiophene rings is 1. The van der Waals surface area contributed by atoms with Crippen molar-refractivity contribution in [1.82, 2.24) is 15.6 Å². The molecule has 3 rings (SSSR count). The van der Waals surface area contributed by atoms with E-state index in [1.807, 2.05) is 42.6 Å². The molecule has 0 aliphatic heterocycles. The highest BCUT2D eigenvalue weighted by Gasteiger charge is 2.10. The van der Waals surface area contributed by atoms with Crippen molar-refractivity contribution in [3.63, 3.8) is 0 Å². The quantitative estimate of drug-likeness (QED) is 0.670. The molecule has 2 heterocycles. The number of amides is 2. The zero-order valence-electron chi connectivity index (χ0n) is 14.3. The molecule has 3 aromatic rings. The molecule has 134 valence electrons. The normalized spacial score (nSPS) is 10.5. The topological polar surface area (TPSA) is 84.2 Å². The molecular formula is C19H19N3O3S. The van der Waals surface area contributed by atoms with Gasteiger partial charge in [-0.15, -0.1) is 11.3 Å². The van der Waals surface area contributed by atoms with Crippen molar-refractivity contribution in [1.29, 1.82) is 0 Å². The first kappa shape index (κ1) is 17.9. The Morgan fingerprint density at radius 3 is 2.77 bits per heavy atom. The largest absolute Gasteiger partial charge is 0.443 e. The van der Waals surface area contributed by atoms with Gasteiger partial charge in [0.1, 0.15) is 6.26 Å². The summed E-state index contributed by atoms with van der Waals surface area (Å²) in [4.78, 5) is 29.3. The van der Waals surface area contributed by atoms with Crippen molar-refractivity contribution in [2.24, 2.45) is 0 Å². The maximum atomic E-state index is 12.1. The van der Waals surface area contributed by atoms with E-state index in [0.29, 0.717) is 23.7 Å². The number of hydrogen-bond acceptors (Lipinski definition) is 5. The number of carbonyl (C=O) groups is 2. The van der Waals surface area contributed by atoms with Gasteiger partial charge in [0.05, 0.1) is 17.1 Å². The van der Waals surface area contributed by atoms with Gasteiger partial charge in [-0.2, -0.15) is 0 Å². The van der Waals surface area contributed by atoms with Crippen molar-refractivity contribution in [2.45, 2.75) is 19.9 Å². The van der Waals surface area contributed by atoms with Crippen molar-refractivity contribution >= 4 is 23.2 Å². The number of nitrogens with zero attached hydrogens (tertiary/aromatic N) is 1. The maximum Gasteiger partial charge on any atom is 0.251 e. The van der Waals surface area contributed by atoms with Crippen LogP contribution in [0.5, 0.6) is 0 Å². The fraction of sp³-hybridized carbons (Fsp3) is 0.211. The Labute approximate surface area is 155 Å². The van der Waals surface area contributed by atoms with Crippen LogP contribution in [-0.4, -0.2) is 23.3 Å². The Kier molecular flexibility index (Phi) is 5.80. The Balaban J connectivity index is 1.41. The number of nitrogens with one attached hydrogen (secondary N) is 2. The van der Waals surface area contributed by atoms with Gasteiger partial charge in [0.25, 0.3) is 5.91 Å². The van der Waals surface area contributed by atoms with Gasteiger partial charge in [-0.1, -0.05) is 24.3 Å². The smallest absolute Gasteiger partial charge is 0.251 e. The van der Waals surface area contributed by atoms with E-state index in [4.69, 9.17) is 4.42 Å². The molecule has 0 fully saturated rings. The molecule has 0 radical (unpaired) electrons. The van der Waals surface area contributed by atoms with E-state index in [-0.39, 0.29) is 24.8 Å². The SMILES string of the molecule is Cc1ccccc1C(=O)NCCC(=O)NCc1coc(-c2cccs2)n1. The van der Waals surface area contributed by atoms with Crippen molar-refractivity contribution in [3.05, 3.63) is 64.9 Å². The first-order valence-electron chi connectivity index (χ1n) is 8.22. The highest BCUT2D eigenvalue weighted by Crippen LogP contribution is 2.23. The summed E-state index contributed by atoms with van der Waals surface area (Å²) in [6.45, 7) is 2.45. The van der Waals surface area contributed by atoms with Crippen LogP contribution in [0.1, 0.15) is 28.0 Å². The second-order valence-corrected chi connectivity index (χ2v) is 6.67. The molecule has 6 nitrogen and oxygen atoms in total. The lowest BCUT2D eigenvalue weighted by Gasteiger charge is -2.07. The third kappa shape index (κ3) is 4.58. The van der Waals surface area contributed by atoms with Gasteiger partial charge < -0.3 is 15.1 Å². The minimum absolute atomic E-state index is 0.157. The van der Waals surface area contributed by atoms with Crippen LogP contribution in [0, 0.1) is 6.92 Å². The first-order valence-corrected chi connectivity index (χ1v) is 9.10. The van der Waals surface area contributed by atoms with Crippen LogP contribution in [-0.2, 0) is 11.3 Å². The second kappa shape index (κ2) is 8.44. The maximum absolute atomic E-state index is 12.1. The Hall–Kier alpha value is -2.93. The average Bonchev–Trinajstić information content (AvgIpc) is 3.31. The molecule has 0 saturated carbocycles. The highest BCUT2D eigenvalue weighted by atomic mass is 32.1. The number of aryl methyl sites for hydroxylation is 1. The van der Waals surface area contributed by atoms with Crippen molar-refractivity contribution in [3.8, 4) is 10.8 Å². The van der Waals surface area contributed by atoms with E-state index >= 15 is 0 Å². The minimum Gasteiger partial charge on any atom is -0.443 e. The summed E-state index contributed by atoms with van der Waals surface area (Å²) in [6, 6.07) is 11.2. The number of aromatic nitrogens is 1. The monoisotopic (exact) mass is 369 g/mol. The van der Waals surface area contributed by atoms with Crippen molar-refractivity contribution < 1.29 is 14.0 Å². The molecule has 0 bridgehead atoms. The van der Waals surface area contributed by atoms with Crippen LogP contribution in [0.25, 0.3) is 10.8 Å².